The van der Waals surface area contributed by atoms with Crippen molar-refractivity contribution >= 4 is 23.7 Å². The lowest BCUT2D eigenvalue weighted by atomic mass is 10.0. The lowest BCUT2D eigenvalue weighted by Gasteiger charge is -2.22. The molecule has 144 valence electrons. The van der Waals surface area contributed by atoms with Gasteiger partial charge in [-0.05, 0) is 12.8 Å². The van der Waals surface area contributed by atoms with E-state index < -0.39 is 61.1 Å². The molecule has 25 heavy (non-hydrogen) atoms. The Morgan fingerprint density at radius 1 is 1.00 bits per heavy atom. The standard InChI is InChI=1S/C14H26N4O7/c1-6(2)10(14(24)25)17-9(21)4-16-13(23)11(7(3)20)18-12(22)8(15)5-19/h6-8,10-11,19-20H,4-5,15H2,1-3H3,(H,16,23)(H,17,21)(H,18,22)(H,24,25). The maximum absolute atomic E-state index is 12.0. The molecule has 4 unspecified atom stereocenters. The molecule has 0 aromatic rings. The number of carboxylic acid groups (broad SMARTS) is 1. The zero-order valence-electron chi connectivity index (χ0n) is 14.4. The fourth-order valence-electron chi connectivity index (χ4n) is 1.76. The van der Waals surface area contributed by atoms with Crippen molar-refractivity contribution < 1.29 is 34.5 Å². The molecular weight excluding hydrogens is 336 g/mol. The second-order valence-electron chi connectivity index (χ2n) is 5.86. The Labute approximate surface area is 145 Å². The summed E-state index contributed by atoms with van der Waals surface area (Å²) < 4.78 is 0. The molecule has 3 amide bonds. The Balaban J connectivity index is 4.69. The van der Waals surface area contributed by atoms with Gasteiger partial charge in [0, 0.05) is 0 Å². The summed E-state index contributed by atoms with van der Waals surface area (Å²) in [7, 11) is 0. The molecule has 0 fully saturated rings. The minimum Gasteiger partial charge on any atom is -0.480 e. The van der Waals surface area contributed by atoms with Crippen LogP contribution < -0.4 is 21.7 Å². The van der Waals surface area contributed by atoms with Gasteiger partial charge in [0.15, 0.2) is 0 Å². The zero-order chi connectivity index (χ0) is 19.7. The first kappa shape index (κ1) is 22.8. The van der Waals surface area contributed by atoms with Crippen molar-refractivity contribution in [2.24, 2.45) is 11.7 Å². The van der Waals surface area contributed by atoms with Crippen LogP contribution in [0.15, 0.2) is 0 Å². The third-order valence-corrected chi connectivity index (χ3v) is 3.27. The fourth-order valence-corrected chi connectivity index (χ4v) is 1.76. The van der Waals surface area contributed by atoms with E-state index in [0.29, 0.717) is 0 Å². The monoisotopic (exact) mass is 362 g/mol. The summed E-state index contributed by atoms with van der Waals surface area (Å²) in [6.45, 7) is 3.28. The molecule has 4 atom stereocenters. The molecule has 0 bridgehead atoms. The zero-order valence-corrected chi connectivity index (χ0v) is 14.4. The number of hydrogen-bond donors (Lipinski definition) is 7. The second kappa shape index (κ2) is 10.6. The number of carbonyl (C=O) groups excluding carboxylic acids is 3. The summed E-state index contributed by atoms with van der Waals surface area (Å²) >= 11 is 0. The molecule has 0 aromatic heterocycles. The number of carbonyl (C=O) groups is 4. The van der Waals surface area contributed by atoms with Gasteiger partial charge in [0.1, 0.15) is 18.1 Å². The molecule has 8 N–H and O–H groups in total. The summed E-state index contributed by atoms with van der Waals surface area (Å²) in [6, 6.07) is -3.77. The largest absolute Gasteiger partial charge is 0.480 e. The van der Waals surface area contributed by atoms with Gasteiger partial charge >= 0.3 is 5.97 Å². The quantitative estimate of drug-likeness (QED) is 0.208. The average Bonchev–Trinajstić information content (AvgIpc) is 2.53. The summed E-state index contributed by atoms with van der Waals surface area (Å²) in [6.07, 6.45) is -1.29. The molecule has 0 spiro atoms. The lowest BCUT2D eigenvalue weighted by molar-refractivity contribution is -0.143. The second-order valence-corrected chi connectivity index (χ2v) is 5.86. The number of rotatable bonds is 10. The van der Waals surface area contributed by atoms with Crippen LogP contribution in [0.25, 0.3) is 0 Å². The van der Waals surface area contributed by atoms with Gasteiger partial charge in [0.25, 0.3) is 0 Å². The maximum Gasteiger partial charge on any atom is 0.326 e. The van der Waals surface area contributed by atoms with Crippen LogP contribution in [-0.2, 0) is 19.2 Å². The molecule has 0 rings (SSSR count). The molecule has 0 saturated heterocycles. The van der Waals surface area contributed by atoms with Crippen LogP contribution in [0, 0.1) is 5.92 Å². The molecule has 0 aliphatic heterocycles. The predicted molar refractivity (Wildman–Crippen MR) is 86.1 cm³/mol. The fraction of sp³-hybridized carbons (Fsp3) is 0.714. The third-order valence-electron chi connectivity index (χ3n) is 3.27. The van der Waals surface area contributed by atoms with Crippen molar-refractivity contribution in [1.82, 2.24) is 16.0 Å². The van der Waals surface area contributed by atoms with Gasteiger partial charge in [0.05, 0.1) is 19.3 Å². The van der Waals surface area contributed by atoms with E-state index in [4.69, 9.17) is 15.9 Å². The Morgan fingerprint density at radius 2 is 1.56 bits per heavy atom. The van der Waals surface area contributed by atoms with Gasteiger partial charge in [0.2, 0.25) is 17.7 Å². The van der Waals surface area contributed by atoms with E-state index in [9.17, 15) is 24.3 Å². The van der Waals surface area contributed by atoms with Crippen LogP contribution in [0.2, 0.25) is 0 Å². The van der Waals surface area contributed by atoms with Gasteiger partial charge in [-0.3, -0.25) is 14.4 Å². The molecule has 0 aromatic carbocycles. The van der Waals surface area contributed by atoms with Crippen LogP contribution in [0.4, 0.5) is 0 Å². The van der Waals surface area contributed by atoms with Gasteiger partial charge in [-0.25, -0.2) is 4.79 Å². The average molecular weight is 362 g/mol. The number of aliphatic hydroxyl groups is 2. The lowest BCUT2D eigenvalue weighted by Crippen LogP contribution is -2.57. The summed E-state index contributed by atoms with van der Waals surface area (Å²) in [5, 5.41) is 34.0. The van der Waals surface area contributed by atoms with Gasteiger partial charge in [-0.1, -0.05) is 13.8 Å². The number of nitrogens with one attached hydrogen (secondary N) is 3. The maximum atomic E-state index is 12.0. The minimum absolute atomic E-state index is 0.360. The van der Waals surface area contributed by atoms with E-state index in [2.05, 4.69) is 16.0 Å². The molecule has 0 saturated carbocycles. The Kier molecular flexibility index (Phi) is 9.64. The number of nitrogens with two attached hydrogens (primary N) is 1. The first-order valence-electron chi connectivity index (χ1n) is 7.66. The Hall–Kier alpha value is -2.24. The van der Waals surface area contributed by atoms with Crippen LogP contribution in [-0.4, -0.2) is 76.4 Å². The SMILES string of the molecule is CC(C)C(NC(=O)CNC(=O)C(NC(=O)C(N)CO)C(C)O)C(=O)O. The van der Waals surface area contributed by atoms with Crippen molar-refractivity contribution in [1.29, 1.82) is 0 Å². The summed E-state index contributed by atoms with van der Waals surface area (Å²) in [5.41, 5.74) is 5.30. The van der Waals surface area contributed by atoms with Gasteiger partial charge in [-0.15, -0.1) is 0 Å². The summed E-state index contributed by atoms with van der Waals surface area (Å²) in [5.74, 6) is -4.01. The Morgan fingerprint density at radius 3 is 1.96 bits per heavy atom. The van der Waals surface area contributed by atoms with E-state index in [0.717, 1.165) is 0 Å². The first-order chi connectivity index (χ1) is 11.5. The highest BCUT2D eigenvalue weighted by Crippen LogP contribution is 2.01. The molecule has 0 radical (unpaired) electrons. The highest BCUT2D eigenvalue weighted by Gasteiger charge is 2.28. The van der Waals surface area contributed by atoms with Crippen molar-refractivity contribution in [3.63, 3.8) is 0 Å². The van der Waals surface area contributed by atoms with E-state index in [1.807, 2.05) is 0 Å². The minimum atomic E-state index is -1.39. The normalized spacial score (nSPS) is 15.6. The number of aliphatic hydroxyl groups excluding tert-OH is 2. The smallest absolute Gasteiger partial charge is 0.326 e. The molecule has 0 aliphatic carbocycles. The third kappa shape index (κ3) is 7.92. The molecule has 11 nitrogen and oxygen atoms in total. The van der Waals surface area contributed by atoms with Crippen LogP contribution in [0.3, 0.4) is 0 Å². The highest BCUT2D eigenvalue weighted by molar-refractivity contribution is 5.92. The van der Waals surface area contributed by atoms with Gasteiger partial charge in [-0.2, -0.15) is 0 Å². The number of hydrogen-bond acceptors (Lipinski definition) is 7. The number of carboxylic acids is 1. The summed E-state index contributed by atoms with van der Waals surface area (Å²) in [4.78, 5) is 46.4. The van der Waals surface area contributed by atoms with Crippen molar-refractivity contribution in [2.75, 3.05) is 13.2 Å². The van der Waals surface area contributed by atoms with E-state index in [1.54, 1.807) is 13.8 Å². The topological polar surface area (TPSA) is 191 Å². The van der Waals surface area contributed by atoms with Crippen molar-refractivity contribution in [3.05, 3.63) is 0 Å². The van der Waals surface area contributed by atoms with Crippen molar-refractivity contribution in [3.8, 4) is 0 Å². The number of aliphatic carboxylic acids is 1. The highest BCUT2D eigenvalue weighted by atomic mass is 16.4. The Bertz CT molecular complexity index is 496. The predicted octanol–water partition coefficient (Wildman–Crippen LogP) is -3.49. The number of amides is 3. The van der Waals surface area contributed by atoms with E-state index >= 15 is 0 Å². The van der Waals surface area contributed by atoms with Crippen LogP contribution in [0.5, 0.6) is 0 Å². The molecule has 0 aliphatic rings. The van der Waals surface area contributed by atoms with Gasteiger partial charge < -0.3 is 37.0 Å². The molecular formula is C14H26N4O7. The molecule has 11 heteroatoms. The molecule has 0 heterocycles. The van der Waals surface area contributed by atoms with E-state index in [-0.39, 0.29) is 5.92 Å². The van der Waals surface area contributed by atoms with Crippen LogP contribution in [0.1, 0.15) is 20.8 Å². The van der Waals surface area contributed by atoms with Crippen molar-refractivity contribution in [2.45, 2.75) is 45.0 Å². The first-order valence-corrected chi connectivity index (χ1v) is 7.66. The van der Waals surface area contributed by atoms with E-state index in [1.165, 1.54) is 6.92 Å². The van der Waals surface area contributed by atoms with Crippen LogP contribution >= 0.6 is 0 Å².